The predicted octanol–water partition coefficient (Wildman–Crippen LogP) is 4.01. The Kier molecular flexibility index (Phi) is 6.17. The lowest BCUT2D eigenvalue weighted by atomic mass is 10.1. The van der Waals surface area contributed by atoms with Crippen LogP contribution < -0.4 is 15.4 Å². The van der Waals surface area contributed by atoms with Gasteiger partial charge in [-0.25, -0.2) is 8.42 Å². The van der Waals surface area contributed by atoms with E-state index < -0.39 is 10.0 Å². The van der Waals surface area contributed by atoms with Crippen molar-refractivity contribution in [3.63, 3.8) is 0 Å². The van der Waals surface area contributed by atoms with E-state index in [9.17, 15) is 18.0 Å². The molecule has 0 spiro atoms. The molecule has 0 radical (unpaired) electrons. The summed E-state index contributed by atoms with van der Waals surface area (Å²) in [6.45, 7) is 3.25. The van der Waals surface area contributed by atoms with E-state index in [0.29, 0.717) is 22.6 Å². The molecule has 0 heterocycles. The molecule has 3 N–H and O–H groups in total. The van der Waals surface area contributed by atoms with Gasteiger partial charge in [0.15, 0.2) is 0 Å². The molecule has 0 aliphatic rings. The lowest BCUT2D eigenvalue weighted by Crippen LogP contribution is -2.15. The average molecular weight is 423 g/mol. The molecule has 7 nitrogen and oxygen atoms in total. The summed E-state index contributed by atoms with van der Waals surface area (Å²) < 4.78 is 27.3. The van der Waals surface area contributed by atoms with E-state index in [0.717, 1.165) is 5.56 Å². The second-order valence-corrected chi connectivity index (χ2v) is 8.34. The highest BCUT2D eigenvalue weighted by atomic mass is 32.2. The Morgan fingerprint density at radius 3 is 2.07 bits per heavy atom. The first-order valence-corrected chi connectivity index (χ1v) is 10.6. The van der Waals surface area contributed by atoms with Crippen LogP contribution in [0.1, 0.15) is 22.8 Å². The third-order valence-corrected chi connectivity index (χ3v) is 5.66. The number of rotatable bonds is 6. The Labute approximate surface area is 175 Å². The minimum atomic E-state index is -3.70. The van der Waals surface area contributed by atoms with Gasteiger partial charge in [-0.05, 0) is 61.0 Å². The van der Waals surface area contributed by atoms with Gasteiger partial charge in [-0.3, -0.25) is 14.3 Å². The molecule has 0 aromatic heterocycles. The van der Waals surface area contributed by atoms with Crippen molar-refractivity contribution in [1.82, 2.24) is 0 Å². The molecule has 3 aromatic carbocycles. The van der Waals surface area contributed by atoms with Gasteiger partial charge >= 0.3 is 0 Å². The van der Waals surface area contributed by atoms with E-state index in [4.69, 9.17) is 0 Å². The standard InChI is InChI=1S/C22H21N3O4S/c1-15-8-11-19(23-16(2)26)14-21(15)24-22(27)17-9-12-18(13-10-17)25-30(28,29)20-6-4-3-5-7-20/h3-14,25H,1-2H3,(H,23,26)(H,24,27). The van der Waals surface area contributed by atoms with Crippen molar-refractivity contribution in [3.05, 3.63) is 83.9 Å². The van der Waals surface area contributed by atoms with Gasteiger partial charge in [0.2, 0.25) is 5.91 Å². The molecule has 3 rings (SSSR count). The third kappa shape index (κ3) is 5.24. The molecule has 0 aliphatic heterocycles. The highest BCUT2D eigenvalue weighted by Gasteiger charge is 2.14. The summed E-state index contributed by atoms with van der Waals surface area (Å²) in [6.07, 6.45) is 0. The van der Waals surface area contributed by atoms with Crippen molar-refractivity contribution in [2.75, 3.05) is 15.4 Å². The summed E-state index contributed by atoms with van der Waals surface area (Å²) in [4.78, 5) is 24.0. The topological polar surface area (TPSA) is 104 Å². The number of anilines is 3. The maximum atomic E-state index is 12.6. The molecule has 0 atom stereocenters. The largest absolute Gasteiger partial charge is 0.326 e. The summed E-state index contributed by atoms with van der Waals surface area (Å²) in [7, 11) is -3.70. The van der Waals surface area contributed by atoms with E-state index in [1.54, 1.807) is 36.4 Å². The molecule has 154 valence electrons. The van der Waals surface area contributed by atoms with E-state index in [1.807, 2.05) is 6.92 Å². The molecule has 0 unspecified atom stereocenters. The van der Waals surface area contributed by atoms with Gasteiger partial charge in [-0.2, -0.15) is 0 Å². The number of carbonyl (C=O) groups excluding carboxylic acids is 2. The smallest absolute Gasteiger partial charge is 0.261 e. The molecule has 30 heavy (non-hydrogen) atoms. The SMILES string of the molecule is CC(=O)Nc1ccc(C)c(NC(=O)c2ccc(NS(=O)(=O)c3ccccc3)cc2)c1. The number of carbonyl (C=O) groups is 2. The zero-order chi connectivity index (χ0) is 21.7. The quantitative estimate of drug-likeness (QED) is 0.557. The number of benzene rings is 3. The molecular formula is C22H21N3O4S. The van der Waals surface area contributed by atoms with Gasteiger partial charge in [-0.1, -0.05) is 24.3 Å². The highest BCUT2D eigenvalue weighted by Crippen LogP contribution is 2.22. The van der Waals surface area contributed by atoms with Crippen LogP contribution in [0.5, 0.6) is 0 Å². The number of hydrogen-bond donors (Lipinski definition) is 3. The van der Waals surface area contributed by atoms with Crippen molar-refractivity contribution in [3.8, 4) is 0 Å². The van der Waals surface area contributed by atoms with Crippen LogP contribution in [0.4, 0.5) is 17.1 Å². The summed E-state index contributed by atoms with van der Waals surface area (Å²) in [6, 6.07) is 19.4. The van der Waals surface area contributed by atoms with Crippen molar-refractivity contribution >= 4 is 38.9 Å². The Bertz CT molecular complexity index is 1170. The zero-order valence-electron chi connectivity index (χ0n) is 16.5. The second-order valence-electron chi connectivity index (χ2n) is 6.66. The lowest BCUT2D eigenvalue weighted by molar-refractivity contribution is -0.114. The monoisotopic (exact) mass is 423 g/mol. The second kappa shape index (κ2) is 8.79. The molecule has 0 fully saturated rings. The van der Waals surface area contributed by atoms with E-state index in [1.165, 1.54) is 43.3 Å². The Hall–Kier alpha value is -3.65. The Balaban J connectivity index is 1.72. The summed E-state index contributed by atoms with van der Waals surface area (Å²) >= 11 is 0. The van der Waals surface area contributed by atoms with Gasteiger partial charge in [0.05, 0.1) is 4.90 Å². The summed E-state index contributed by atoms with van der Waals surface area (Å²) in [5.41, 5.74) is 2.69. The number of sulfonamides is 1. The normalized spacial score (nSPS) is 10.9. The Morgan fingerprint density at radius 1 is 0.800 bits per heavy atom. The van der Waals surface area contributed by atoms with Crippen LogP contribution in [-0.4, -0.2) is 20.2 Å². The average Bonchev–Trinajstić information content (AvgIpc) is 2.71. The van der Waals surface area contributed by atoms with Crippen LogP contribution in [-0.2, 0) is 14.8 Å². The number of aryl methyl sites for hydroxylation is 1. The molecule has 3 aromatic rings. The van der Waals surface area contributed by atoms with Crippen LogP contribution in [0.2, 0.25) is 0 Å². The van der Waals surface area contributed by atoms with Crippen LogP contribution in [0.15, 0.2) is 77.7 Å². The first kappa shape index (κ1) is 21.1. The van der Waals surface area contributed by atoms with E-state index in [2.05, 4.69) is 15.4 Å². The van der Waals surface area contributed by atoms with Crippen LogP contribution >= 0.6 is 0 Å². The van der Waals surface area contributed by atoms with Crippen LogP contribution in [0.3, 0.4) is 0 Å². The minimum Gasteiger partial charge on any atom is -0.326 e. The fraction of sp³-hybridized carbons (Fsp3) is 0.0909. The van der Waals surface area contributed by atoms with Gasteiger partial charge in [0.25, 0.3) is 15.9 Å². The third-order valence-electron chi connectivity index (χ3n) is 4.26. The first-order valence-electron chi connectivity index (χ1n) is 9.12. The van der Waals surface area contributed by atoms with Gasteiger partial charge in [0.1, 0.15) is 0 Å². The van der Waals surface area contributed by atoms with Crippen molar-refractivity contribution in [2.24, 2.45) is 0 Å². The number of hydrogen-bond acceptors (Lipinski definition) is 4. The van der Waals surface area contributed by atoms with Crippen molar-refractivity contribution < 1.29 is 18.0 Å². The lowest BCUT2D eigenvalue weighted by Gasteiger charge is -2.12. The number of amides is 2. The molecule has 2 amide bonds. The summed E-state index contributed by atoms with van der Waals surface area (Å²) in [5.74, 6) is -0.555. The first-order chi connectivity index (χ1) is 14.2. The van der Waals surface area contributed by atoms with E-state index >= 15 is 0 Å². The van der Waals surface area contributed by atoms with Crippen molar-refractivity contribution in [1.29, 1.82) is 0 Å². The minimum absolute atomic E-state index is 0.154. The molecular weight excluding hydrogens is 402 g/mol. The number of nitrogens with one attached hydrogen (secondary N) is 3. The van der Waals surface area contributed by atoms with Crippen molar-refractivity contribution in [2.45, 2.75) is 18.7 Å². The zero-order valence-corrected chi connectivity index (χ0v) is 17.3. The van der Waals surface area contributed by atoms with Gasteiger partial charge in [-0.15, -0.1) is 0 Å². The maximum absolute atomic E-state index is 12.6. The summed E-state index contributed by atoms with van der Waals surface area (Å²) in [5, 5.41) is 5.48. The van der Waals surface area contributed by atoms with Crippen LogP contribution in [0, 0.1) is 6.92 Å². The highest BCUT2D eigenvalue weighted by molar-refractivity contribution is 7.92. The molecule has 0 saturated heterocycles. The van der Waals surface area contributed by atoms with Gasteiger partial charge in [0, 0.05) is 29.5 Å². The molecule has 0 bridgehead atoms. The Morgan fingerprint density at radius 2 is 1.43 bits per heavy atom. The van der Waals surface area contributed by atoms with Crippen LogP contribution in [0.25, 0.3) is 0 Å². The fourth-order valence-electron chi connectivity index (χ4n) is 2.74. The fourth-order valence-corrected chi connectivity index (χ4v) is 3.82. The molecule has 8 heteroatoms. The van der Waals surface area contributed by atoms with E-state index in [-0.39, 0.29) is 16.7 Å². The predicted molar refractivity (Wildman–Crippen MR) is 117 cm³/mol. The maximum Gasteiger partial charge on any atom is 0.261 e. The van der Waals surface area contributed by atoms with Gasteiger partial charge < -0.3 is 10.6 Å². The molecule has 0 aliphatic carbocycles. The molecule has 0 saturated carbocycles.